The maximum atomic E-state index is 13.3. The Bertz CT molecular complexity index is 969. The van der Waals surface area contributed by atoms with Crippen LogP contribution in [0.15, 0.2) is 48.8 Å². The third kappa shape index (κ3) is 4.67. The Balaban J connectivity index is 1.55. The minimum absolute atomic E-state index is 0.0435. The van der Waals surface area contributed by atoms with Crippen LogP contribution >= 0.6 is 0 Å². The molecule has 1 aromatic carbocycles. The smallest absolute Gasteiger partial charge is 0.226 e. The zero-order valence-electron chi connectivity index (χ0n) is 16.3. The highest BCUT2D eigenvalue weighted by atomic mass is 32.2. The lowest BCUT2D eigenvalue weighted by atomic mass is 9.74. The van der Waals surface area contributed by atoms with Crippen molar-refractivity contribution >= 4 is 15.7 Å². The van der Waals surface area contributed by atoms with Crippen LogP contribution in [-0.2, 0) is 25.8 Å². The van der Waals surface area contributed by atoms with Crippen LogP contribution in [0.1, 0.15) is 24.8 Å². The van der Waals surface area contributed by atoms with Crippen molar-refractivity contribution in [1.29, 1.82) is 0 Å². The van der Waals surface area contributed by atoms with E-state index < -0.39 is 15.3 Å². The molecule has 154 valence electrons. The largest absolute Gasteiger partial charge is 0.381 e. The summed E-state index contributed by atoms with van der Waals surface area (Å²) < 4.78 is 29.1. The molecule has 0 saturated carbocycles. The summed E-state index contributed by atoms with van der Waals surface area (Å²) >= 11 is 0. The first-order valence-electron chi connectivity index (χ1n) is 10.0. The molecule has 1 N–H and O–H groups in total. The molecule has 2 saturated heterocycles. The summed E-state index contributed by atoms with van der Waals surface area (Å²) in [6, 6.07) is 11.8. The average Bonchev–Trinajstić information content (AvgIpc) is 3.08. The number of ether oxygens (including phenoxy) is 1. The van der Waals surface area contributed by atoms with Crippen LogP contribution in [0.3, 0.4) is 0 Å². The number of pyridine rings is 1. The first-order chi connectivity index (χ1) is 14.0. The van der Waals surface area contributed by atoms with Crippen molar-refractivity contribution in [2.24, 2.45) is 5.41 Å². The van der Waals surface area contributed by atoms with Crippen LogP contribution in [-0.4, -0.2) is 50.1 Å². The van der Waals surface area contributed by atoms with Crippen molar-refractivity contribution < 1.29 is 17.9 Å². The summed E-state index contributed by atoms with van der Waals surface area (Å²) in [6.45, 7) is 1.08. The Morgan fingerprint density at radius 1 is 1.17 bits per heavy atom. The third-order valence-corrected chi connectivity index (χ3v) is 7.73. The maximum Gasteiger partial charge on any atom is 0.226 e. The van der Waals surface area contributed by atoms with Gasteiger partial charge >= 0.3 is 0 Å². The molecule has 0 aliphatic carbocycles. The lowest BCUT2D eigenvalue weighted by Gasteiger charge is -2.36. The average molecular weight is 415 g/mol. The first-order valence-corrected chi connectivity index (χ1v) is 11.9. The number of nitrogens with zero attached hydrogens (tertiary/aromatic N) is 1. The number of carbonyl (C=O) groups is 1. The number of benzene rings is 1. The Hall–Kier alpha value is -2.25. The van der Waals surface area contributed by atoms with Gasteiger partial charge in [-0.25, -0.2) is 8.42 Å². The van der Waals surface area contributed by atoms with Crippen LogP contribution < -0.4 is 5.32 Å². The highest BCUT2D eigenvalue weighted by molar-refractivity contribution is 7.91. The van der Waals surface area contributed by atoms with Gasteiger partial charge in [-0.1, -0.05) is 30.3 Å². The van der Waals surface area contributed by atoms with Gasteiger partial charge in [0.1, 0.15) is 0 Å². The van der Waals surface area contributed by atoms with Gasteiger partial charge in [-0.2, -0.15) is 0 Å². The van der Waals surface area contributed by atoms with E-state index in [1.807, 2.05) is 36.5 Å². The second kappa shape index (κ2) is 8.24. The Kier molecular flexibility index (Phi) is 5.69. The second-order valence-electron chi connectivity index (χ2n) is 8.08. The number of hydrogen-bond donors (Lipinski definition) is 1. The van der Waals surface area contributed by atoms with E-state index in [4.69, 9.17) is 4.74 Å². The van der Waals surface area contributed by atoms with Crippen molar-refractivity contribution in [2.75, 3.05) is 24.7 Å². The number of nitrogens with one attached hydrogen (secondary N) is 1. The highest BCUT2D eigenvalue weighted by Gasteiger charge is 2.42. The Labute approximate surface area is 171 Å². The van der Waals surface area contributed by atoms with Gasteiger partial charge in [-0.15, -0.1) is 0 Å². The number of rotatable bonds is 5. The van der Waals surface area contributed by atoms with Crippen molar-refractivity contribution in [2.45, 2.75) is 31.7 Å². The number of aromatic nitrogens is 1. The summed E-state index contributed by atoms with van der Waals surface area (Å²) in [5, 5.41) is 3.03. The zero-order valence-corrected chi connectivity index (χ0v) is 17.2. The van der Waals surface area contributed by atoms with Crippen LogP contribution in [0.4, 0.5) is 0 Å². The van der Waals surface area contributed by atoms with Crippen LogP contribution in [0, 0.1) is 5.41 Å². The first kappa shape index (κ1) is 20.0. The fourth-order valence-electron chi connectivity index (χ4n) is 4.28. The highest BCUT2D eigenvalue weighted by Crippen LogP contribution is 2.36. The summed E-state index contributed by atoms with van der Waals surface area (Å²) in [5.41, 5.74) is 2.62. The SMILES string of the molecule is O=C(N[C@@H]1CCS(=O)(=O)C1)C1(Cc2cccc(-c3cccnc3)c2)CCOCC1. The minimum Gasteiger partial charge on any atom is -0.381 e. The fourth-order valence-corrected chi connectivity index (χ4v) is 5.95. The van der Waals surface area contributed by atoms with Gasteiger partial charge in [-0.05, 0) is 48.4 Å². The molecule has 29 heavy (non-hydrogen) atoms. The molecule has 2 aliphatic rings. The molecule has 2 fully saturated rings. The van der Waals surface area contributed by atoms with Gasteiger partial charge in [-0.3, -0.25) is 9.78 Å². The number of carbonyl (C=O) groups excluding carboxylic acids is 1. The van der Waals surface area contributed by atoms with Crippen LogP contribution in [0.25, 0.3) is 11.1 Å². The molecule has 7 heteroatoms. The summed E-state index contributed by atoms with van der Waals surface area (Å²) in [6.07, 6.45) is 5.95. The van der Waals surface area contributed by atoms with E-state index in [0.29, 0.717) is 38.9 Å². The van der Waals surface area contributed by atoms with E-state index in [0.717, 1.165) is 16.7 Å². The molecular weight excluding hydrogens is 388 g/mol. The predicted molar refractivity (Wildman–Crippen MR) is 111 cm³/mol. The molecule has 2 aromatic rings. The number of hydrogen-bond acceptors (Lipinski definition) is 5. The van der Waals surface area contributed by atoms with E-state index in [1.165, 1.54) is 0 Å². The van der Waals surface area contributed by atoms with Gasteiger partial charge in [0, 0.05) is 31.6 Å². The molecule has 0 spiro atoms. The molecule has 0 radical (unpaired) electrons. The Morgan fingerprint density at radius 2 is 1.97 bits per heavy atom. The van der Waals surface area contributed by atoms with E-state index in [9.17, 15) is 13.2 Å². The molecule has 2 aliphatic heterocycles. The lowest BCUT2D eigenvalue weighted by molar-refractivity contribution is -0.137. The van der Waals surface area contributed by atoms with Gasteiger partial charge in [0.2, 0.25) is 5.91 Å². The zero-order chi connectivity index (χ0) is 20.3. The minimum atomic E-state index is -3.03. The van der Waals surface area contributed by atoms with Crippen molar-refractivity contribution in [3.8, 4) is 11.1 Å². The topological polar surface area (TPSA) is 85.4 Å². The van der Waals surface area contributed by atoms with E-state index in [1.54, 1.807) is 6.20 Å². The molecule has 1 amide bonds. The molecule has 6 nitrogen and oxygen atoms in total. The summed E-state index contributed by atoms with van der Waals surface area (Å²) in [5.74, 6) is 0.151. The second-order valence-corrected chi connectivity index (χ2v) is 10.3. The van der Waals surface area contributed by atoms with Gasteiger partial charge in [0.15, 0.2) is 9.84 Å². The molecule has 0 bridgehead atoms. The molecule has 4 rings (SSSR count). The lowest BCUT2D eigenvalue weighted by Crippen LogP contribution is -2.49. The standard InChI is InChI=1S/C22H26N2O4S/c25-21(24-20-6-12-29(26,27)16-20)22(7-10-28-11-8-22)14-17-3-1-4-18(13-17)19-5-2-9-23-15-19/h1-5,9,13,15,20H,6-8,10-12,14,16H2,(H,24,25)/t20-/m1/s1. The van der Waals surface area contributed by atoms with E-state index in [2.05, 4.69) is 16.4 Å². The molecule has 1 aromatic heterocycles. The molecular formula is C22H26N2O4S. The quantitative estimate of drug-likeness (QED) is 0.812. The van der Waals surface area contributed by atoms with Crippen LogP contribution in [0.5, 0.6) is 0 Å². The van der Waals surface area contributed by atoms with Gasteiger partial charge < -0.3 is 10.1 Å². The van der Waals surface area contributed by atoms with Gasteiger partial charge in [0.05, 0.1) is 16.9 Å². The third-order valence-electron chi connectivity index (χ3n) is 5.96. The Morgan fingerprint density at radius 3 is 2.66 bits per heavy atom. The normalized spacial score (nSPS) is 22.8. The predicted octanol–water partition coefficient (Wildman–Crippen LogP) is 2.39. The number of amides is 1. The summed E-state index contributed by atoms with van der Waals surface area (Å²) in [7, 11) is -3.03. The maximum absolute atomic E-state index is 13.3. The van der Waals surface area contributed by atoms with Crippen LogP contribution in [0.2, 0.25) is 0 Å². The fraction of sp³-hybridized carbons (Fsp3) is 0.455. The molecule has 0 unspecified atom stereocenters. The molecule has 3 heterocycles. The van der Waals surface area contributed by atoms with Gasteiger partial charge in [0.25, 0.3) is 0 Å². The number of sulfone groups is 1. The summed E-state index contributed by atoms with van der Waals surface area (Å²) in [4.78, 5) is 17.5. The van der Waals surface area contributed by atoms with Crippen molar-refractivity contribution in [3.63, 3.8) is 0 Å². The van der Waals surface area contributed by atoms with E-state index >= 15 is 0 Å². The molecule has 1 atom stereocenters. The van der Waals surface area contributed by atoms with E-state index in [-0.39, 0.29) is 23.5 Å². The van der Waals surface area contributed by atoms with Crippen molar-refractivity contribution in [1.82, 2.24) is 10.3 Å². The monoisotopic (exact) mass is 414 g/mol. The van der Waals surface area contributed by atoms with Crippen molar-refractivity contribution in [3.05, 3.63) is 54.4 Å².